The summed E-state index contributed by atoms with van der Waals surface area (Å²) in [6.45, 7) is 5.38. The SMILES string of the molecule is CCn1nc(CO)c2c1CCN(C(=O)c1cc(C)nc3cc(F)ccc13)C2. The Morgan fingerprint density at radius 3 is 2.89 bits per heavy atom. The van der Waals surface area contributed by atoms with Crippen molar-refractivity contribution in [3.8, 4) is 0 Å². The Bertz CT molecular complexity index is 1040. The molecule has 1 amide bonds. The van der Waals surface area contributed by atoms with Gasteiger partial charge in [-0.25, -0.2) is 4.39 Å². The molecular formula is C20H21FN4O2. The maximum absolute atomic E-state index is 13.6. The van der Waals surface area contributed by atoms with Crippen LogP contribution in [0.2, 0.25) is 0 Å². The summed E-state index contributed by atoms with van der Waals surface area (Å²) in [6, 6.07) is 6.05. The number of aromatic nitrogens is 3. The van der Waals surface area contributed by atoms with E-state index >= 15 is 0 Å². The predicted molar refractivity (Wildman–Crippen MR) is 98.7 cm³/mol. The molecule has 2 aromatic heterocycles. The fourth-order valence-electron chi connectivity index (χ4n) is 3.81. The van der Waals surface area contributed by atoms with E-state index in [1.165, 1.54) is 12.1 Å². The number of fused-ring (bicyclic) bond motifs is 2. The number of hydrogen-bond acceptors (Lipinski definition) is 4. The summed E-state index contributed by atoms with van der Waals surface area (Å²) in [7, 11) is 0. The second-order valence-electron chi connectivity index (χ2n) is 6.80. The summed E-state index contributed by atoms with van der Waals surface area (Å²) in [6.07, 6.45) is 0.693. The molecule has 1 N–H and O–H groups in total. The molecule has 1 aliphatic rings. The number of benzene rings is 1. The molecule has 27 heavy (non-hydrogen) atoms. The van der Waals surface area contributed by atoms with Crippen LogP contribution in [-0.2, 0) is 26.1 Å². The van der Waals surface area contributed by atoms with Gasteiger partial charge in [-0.05, 0) is 32.0 Å². The Kier molecular flexibility index (Phi) is 4.39. The molecule has 0 spiro atoms. The predicted octanol–water partition coefficient (Wildman–Crippen LogP) is 2.59. The van der Waals surface area contributed by atoms with Crippen LogP contribution in [0, 0.1) is 12.7 Å². The lowest BCUT2D eigenvalue weighted by atomic mass is 10.0. The minimum Gasteiger partial charge on any atom is -0.390 e. The van der Waals surface area contributed by atoms with Crippen molar-refractivity contribution in [2.24, 2.45) is 0 Å². The summed E-state index contributed by atoms with van der Waals surface area (Å²) in [4.78, 5) is 19.4. The van der Waals surface area contributed by atoms with Gasteiger partial charge in [0.2, 0.25) is 0 Å². The van der Waals surface area contributed by atoms with Crippen LogP contribution in [0.15, 0.2) is 24.3 Å². The average molecular weight is 368 g/mol. The zero-order valence-electron chi connectivity index (χ0n) is 15.4. The van der Waals surface area contributed by atoms with Crippen LogP contribution >= 0.6 is 0 Å². The maximum Gasteiger partial charge on any atom is 0.254 e. The molecular weight excluding hydrogens is 347 g/mol. The maximum atomic E-state index is 13.6. The highest BCUT2D eigenvalue weighted by molar-refractivity contribution is 6.06. The minimum absolute atomic E-state index is 0.115. The average Bonchev–Trinajstić information content (AvgIpc) is 3.03. The van der Waals surface area contributed by atoms with Crippen LogP contribution in [0.1, 0.15) is 39.9 Å². The number of nitrogens with zero attached hydrogens (tertiary/aromatic N) is 4. The van der Waals surface area contributed by atoms with Gasteiger partial charge in [0.05, 0.1) is 23.4 Å². The molecule has 0 atom stereocenters. The highest BCUT2D eigenvalue weighted by Crippen LogP contribution is 2.26. The van der Waals surface area contributed by atoms with Gasteiger partial charge in [0.25, 0.3) is 5.91 Å². The van der Waals surface area contributed by atoms with E-state index in [0.717, 1.165) is 17.8 Å². The first-order valence-electron chi connectivity index (χ1n) is 9.06. The summed E-state index contributed by atoms with van der Waals surface area (Å²) in [5.74, 6) is -0.489. The molecule has 1 aromatic carbocycles. The summed E-state index contributed by atoms with van der Waals surface area (Å²) in [5.41, 5.74) is 4.31. The second kappa shape index (κ2) is 6.74. The van der Waals surface area contributed by atoms with Gasteiger partial charge in [-0.2, -0.15) is 5.10 Å². The Morgan fingerprint density at radius 2 is 2.15 bits per heavy atom. The third kappa shape index (κ3) is 2.98. The van der Waals surface area contributed by atoms with Crippen LogP contribution < -0.4 is 0 Å². The molecule has 7 heteroatoms. The first kappa shape index (κ1) is 17.6. The minimum atomic E-state index is -0.374. The van der Waals surface area contributed by atoms with Crippen molar-refractivity contribution in [1.29, 1.82) is 0 Å². The van der Waals surface area contributed by atoms with Crippen LogP contribution in [0.5, 0.6) is 0 Å². The first-order valence-corrected chi connectivity index (χ1v) is 9.06. The fraction of sp³-hybridized carbons (Fsp3) is 0.350. The molecule has 0 bridgehead atoms. The lowest BCUT2D eigenvalue weighted by molar-refractivity contribution is 0.0734. The molecule has 0 saturated heterocycles. The smallest absolute Gasteiger partial charge is 0.254 e. The van der Waals surface area contributed by atoms with E-state index in [1.807, 2.05) is 11.6 Å². The van der Waals surface area contributed by atoms with Gasteiger partial charge in [0.15, 0.2) is 0 Å². The molecule has 0 unspecified atom stereocenters. The van der Waals surface area contributed by atoms with E-state index in [0.29, 0.717) is 47.4 Å². The molecule has 0 saturated carbocycles. The van der Waals surface area contributed by atoms with Crippen molar-refractivity contribution in [1.82, 2.24) is 19.7 Å². The van der Waals surface area contributed by atoms with E-state index in [1.54, 1.807) is 24.0 Å². The zero-order chi connectivity index (χ0) is 19.1. The number of halogens is 1. The summed E-state index contributed by atoms with van der Waals surface area (Å²) in [5, 5.41) is 14.7. The highest BCUT2D eigenvalue weighted by Gasteiger charge is 2.28. The fourth-order valence-corrected chi connectivity index (χ4v) is 3.81. The van der Waals surface area contributed by atoms with Crippen LogP contribution in [0.4, 0.5) is 4.39 Å². The molecule has 0 aliphatic carbocycles. The quantitative estimate of drug-likeness (QED) is 0.771. The standard InChI is InChI=1S/C20H21FN4O2/c1-3-25-19-6-7-24(10-16(19)18(11-26)23-25)20(27)15-8-12(2)22-17-9-13(21)4-5-14(15)17/h4-5,8-9,26H,3,6-7,10-11H2,1-2H3. The molecule has 0 radical (unpaired) electrons. The van der Waals surface area contributed by atoms with Crippen LogP contribution in [0.3, 0.4) is 0 Å². The third-order valence-corrected chi connectivity index (χ3v) is 5.08. The Hall–Kier alpha value is -2.80. The van der Waals surface area contributed by atoms with Crippen molar-refractivity contribution in [3.63, 3.8) is 0 Å². The Labute approximate surface area is 156 Å². The van der Waals surface area contributed by atoms with Crippen molar-refractivity contribution in [2.75, 3.05) is 6.54 Å². The lowest BCUT2D eigenvalue weighted by Gasteiger charge is -2.28. The largest absolute Gasteiger partial charge is 0.390 e. The highest BCUT2D eigenvalue weighted by atomic mass is 19.1. The summed E-state index contributed by atoms with van der Waals surface area (Å²) < 4.78 is 15.5. The van der Waals surface area contributed by atoms with E-state index < -0.39 is 0 Å². The molecule has 140 valence electrons. The topological polar surface area (TPSA) is 71.2 Å². The van der Waals surface area contributed by atoms with E-state index in [4.69, 9.17) is 0 Å². The Morgan fingerprint density at radius 1 is 1.33 bits per heavy atom. The van der Waals surface area contributed by atoms with Gasteiger partial charge in [0.1, 0.15) is 5.82 Å². The van der Waals surface area contributed by atoms with Crippen LogP contribution in [0.25, 0.3) is 10.9 Å². The molecule has 1 aliphatic heterocycles. The van der Waals surface area contributed by atoms with Gasteiger partial charge in [-0.15, -0.1) is 0 Å². The van der Waals surface area contributed by atoms with Gasteiger partial charge >= 0.3 is 0 Å². The number of hydrogen-bond donors (Lipinski definition) is 1. The number of pyridine rings is 1. The summed E-state index contributed by atoms with van der Waals surface area (Å²) >= 11 is 0. The van der Waals surface area contributed by atoms with E-state index in [-0.39, 0.29) is 18.3 Å². The molecule has 3 aromatic rings. The number of aryl methyl sites for hydroxylation is 2. The lowest BCUT2D eigenvalue weighted by Crippen LogP contribution is -2.36. The number of aliphatic hydroxyl groups is 1. The number of carbonyl (C=O) groups is 1. The monoisotopic (exact) mass is 368 g/mol. The zero-order valence-corrected chi connectivity index (χ0v) is 15.4. The normalized spacial score (nSPS) is 13.9. The van der Waals surface area contributed by atoms with Gasteiger partial charge in [0, 0.05) is 54.5 Å². The second-order valence-corrected chi connectivity index (χ2v) is 6.80. The molecule has 6 nitrogen and oxygen atoms in total. The third-order valence-electron chi connectivity index (χ3n) is 5.08. The molecule has 0 fully saturated rings. The van der Waals surface area contributed by atoms with Crippen LogP contribution in [-0.4, -0.2) is 37.2 Å². The Balaban J connectivity index is 1.73. The molecule has 4 rings (SSSR count). The van der Waals surface area contributed by atoms with E-state index in [9.17, 15) is 14.3 Å². The first-order chi connectivity index (χ1) is 13.0. The number of rotatable bonds is 3. The van der Waals surface area contributed by atoms with E-state index in [2.05, 4.69) is 10.1 Å². The van der Waals surface area contributed by atoms with Crippen molar-refractivity contribution >= 4 is 16.8 Å². The van der Waals surface area contributed by atoms with Gasteiger partial charge < -0.3 is 10.0 Å². The van der Waals surface area contributed by atoms with Crippen molar-refractivity contribution in [2.45, 2.75) is 40.0 Å². The molecule has 3 heterocycles. The van der Waals surface area contributed by atoms with Gasteiger partial charge in [-0.1, -0.05) is 0 Å². The number of aliphatic hydroxyl groups excluding tert-OH is 1. The van der Waals surface area contributed by atoms with Gasteiger partial charge in [-0.3, -0.25) is 14.5 Å². The number of carbonyl (C=O) groups excluding carboxylic acids is 1. The number of amides is 1. The van der Waals surface area contributed by atoms with Crippen molar-refractivity contribution < 1.29 is 14.3 Å². The van der Waals surface area contributed by atoms with Crippen molar-refractivity contribution in [3.05, 3.63) is 58.3 Å².